The van der Waals surface area contributed by atoms with Crippen molar-refractivity contribution in [3.05, 3.63) is 24.3 Å². The van der Waals surface area contributed by atoms with Crippen LogP contribution in [0.4, 0.5) is 5.69 Å². The van der Waals surface area contributed by atoms with Gasteiger partial charge in [0.15, 0.2) is 0 Å². The van der Waals surface area contributed by atoms with Crippen molar-refractivity contribution in [1.82, 2.24) is 0 Å². The molecule has 0 atom stereocenters. The minimum absolute atomic E-state index is 0.0508. The number of benzene rings is 1. The number of piperidine rings is 1. The van der Waals surface area contributed by atoms with E-state index >= 15 is 0 Å². The highest BCUT2D eigenvalue weighted by molar-refractivity contribution is 7.89. The van der Waals surface area contributed by atoms with Gasteiger partial charge in [-0.2, -0.15) is 0 Å². The topological polar surface area (TPSA) is 92.9 Å². The van der Waals surface area contributed by atoms with Gasteiger partial charge in [0.1, 0.15) is 0 Å². The Kier molecular flexibility index (Phi) is 4.98. The molecule has 2 rings (SSSR count). The van der Waals surface area contributed by atoms with Gasteiger partial charge in [-0.25, -0.2) is 13.6 Å². The number of ether oxygens (including phenoxy) is 1. The maximum absolute atomic E-state index is 11.2. The standard InChI is InChI=1S/C13H20N2O4S/c14-20(17,18)13-3-1-11(2-4-13)15-7-5-12(6-8-15)19-10-9-16/h1-4,12,16H,5-10H2,(H2,14,17,18). The van der Waals surface area contributed by atoms with E-state index in [1.165, 1.54) is 12.1 Å². The van der Waals surface area contributed by atoms with E-state index in [0.717, 1.165) is 31.6 Å². The van der Waals surface area contributed by atoms with E-state index in [4.69, 9.17) is 15.0 Å². The van der Waals surface area contributed by atoms with Crippen LogP contribution in [0.2, 0.25) is 0 Å². The van der Waals surface area contributed by atoms with Crippen LogP contribution in [0.15, 0.2) is 29.2 Å². The monoisotopic (exact) mass is 300 g/mol. The van der Waals surface area contributed by atoms with Crippen molar-refractivity contribution in [2.24, 2.45) is 5.14 Å². The molecule has 0 saturated carbocycles. The third kappa shape index (κ3) is 3.92. The average molecular weight is 300 g/mol. The van der Waals surface area contributed by atoms with Crippen molar-refractivity contribution in [1.29, 1.82) is 0 Å². The number of sulfonamides is 1. The Bertz CT molecular complexity index is 522. The van der Waals surface area contributed by atoms with Crippen LogP contribution >= 0.6 is 0 Å². The Morgan fingerprint density at radius 2 is 1.85 bits per heavy atom. The summed E-state index contributed by atoms with van der Waals surface area (Å²) in [5, 5.41) is 13.8. The molecule has 1 aliphatic heterocycles. The first-order valence-electron chi connectivity index (χ1n) is 6.61. The number of primary sulfonamides is 1. The Balaban J connectivity index is 1.94. The molecular weight excluding hydrogens is 280 g/mol. The highest BCUT2D eigenvalue weighted by Gasteiger charge is 2.20. The zero-order chi connectivity index (χ0) is 14.6. The van der Waals surface area contributed by atoms with E-state index in [-0.39, 0.29) is 17.6 Å². The van der Waals surface area contributed by atoms with E-state index in [1.807, 2.05) is 0 Å². The van der Waals surface area contributed by atoms with Crippen LogP contribution in [0, 0.1) is 0 Å². The smallest absolute Gasteiger partial charge is 0.238 e. The molecule has 1 aliphatic rings. The van der Waals surface area contributed by atoms with Gasteiger partial charge in [0.05, 0.1) is 24.2 Å². The first-order chi connectivity index (χ1) is 9.50. The highest BCUT2D eigenvalue weighted by atomic mass is 32.2. The van der Waals surface area contributed by atoms with Gasteiger partial charge in [0.25, 0.3) is 0 Å². The fraction of sp³-hybridized carbons (Fsp3) is 0.538. The molecule has 1 aromatic carbocycles. The van der Waals surface area contributed by atoms with Crippen LogP contribution in [-0.4, -0.2) is 45.9 Å². The number of hydrogen-bond donors (Lipinski definition) is 2. The van der Waals surface area contributed by atoms with Crippen molar-refractivity contribution in [2.45, 2.75) is 23.8 Å². The van der Waals surface area contributed by atoms with E-state index in [0.29, 0.717) is 6.61 Å². The van der Waals surface area contributed by atoms with Gasteiger partial charge in [-0.3, -0.25) is 0 Å². The number of aliphatic hydroxyl groups is 1. The molecule has 3 N–H and O–H groups in total. The summed E-state index contributed by atoms with van der Waals surface area (Å²) in [6, 6.07) is 6.60. The zero-order valence-corrected chi connectivity index (χ0v) is 12.1. The van der Waals surface area contributed by atoms with Crippen LogP contribution in [0.25, 0.3) is 0 Å². The predicted octanol–water partition coefficient (Wildman–Crippen LogP) is 0.312. The lowest BCUT2D eigenvalue weighted by Gasteiger charge is -2.33. The van der Waals surface area contributed by atoms with E-state index in [9.17, 15) is 8.42 Å². The van der Waals surface area contributed by atoms with Crippen LogP contribution < -0.4 is 10.0 Å². The summed E-state index contributed by atoms with van der Waals surface area (Å²) in [5.41, 5.74) is 0.984. The second kappa shape index (κ2) is 6.53. The number of anilines is 1. The lowest BCUT2D eigenvalue weighted by atomic mass is 10.1. The number of hydrogen-bond acceptors (Lipinski definition) is 5. The molecule has 1 aromatic rings. The fourth-order valence-corrected chi connectivity index (χ4v) is 2.86. The molecule has 112 valence electrons. The number of rotatable bonds is 5. The van der Waals surface area contributed by atoms with Crippen LogP contribution in [0.5, 0.6) is 0 Å². The van der Waals surface area contributed by atoms with Gasteiger partial charge in [-0.05, 0) is 37.1 Å². The Labute approximate surface area is 119 Å². The largest absolute Gasteiger partial charge is 0.394 e. The zero-order valence-electron chi connectivity index (χ0n) is 11.2. The second-order valence-corrected chi connectivity index (χ2v) is 6.38. The van der Waals surface area contributed by atoms with Gasteiger partial charge in [-0.15, -0.1) is 0 Å². The number of nitrogens with two attached hydrogens (primary N) is 1. The van der Waals surface area contributed by atoms with E-state index < -0.39 is 10.0 Å². The maximum Gasteiger partial charge on any atom is 0.238 e. The van der Waals surface area contributed by atoms with Crippen molar-refractivity contribution in [3.8, 4) is 0 Å². The van der Waals surface area contributed by atoms with Crippen LogP contribution in [0.1, 0.15) is 12.8 Å². The van der Waals surface area contributed by atoms with Gasteiger partial charge in [0, 0.05) is 18.8 Å². The minimum atomic E-state index is -3.63. The number of nitrogens with zero attached hydrogens (tertiary/aromatic N) is 1. The van der Waals surface area contributed by atoms with Crippen LogP contribution in [-0.2, 0) is 14.8 Å². The van der Waals surface area contributed by atoms with Crippen molar-refractivity contribution in [3.63, 3.8) is 0 Å². The summed E-state index contributed by atoms with van der Waals surface area (Å²) < 4.78 is 27.9. The molecule has 20 heavy (non-hydrogen) atoms. The van der Waals surface area contributed by atoms with Crippen molar-refractivity contribution < 1.29 is 18.3 Å². The summed E-state index contributed by atoms with van der Waals surface area (Å²) in [4.78, 5) is 2.31. The molecule has 0 aliphatic carbocycles. The Morgan fingerprint density at radius 1 is 1.25 bits per heavy atom. The third-order valence-electron chi connectivity index (χ3n) is 3.42. The Hall–Kier alpha value is -1.15. The first kappa shape index (κ1) is 15.2. The molecule has 0 amide bonds. The predicted molar refractivity (Wildman–Crippen MR) is 76.1 cm³/mol. The SMILES string of the molecule is NS(=O)(=O)c1ccc(N2CCC(OCCO)CC2)cc1. The normalized spacial score (nSPS) is 17.4. The van der Waals surface area contributed by atoms with E-state index in [2.05, 4.69) is 4.90 Å². The maximum atomic E-state index is 11.2. The first-order valence-corrected chi connectivity index (χ1v) is 8.15. The number of aliphatic hydroxyl groups excluding tert-OH is 1. The highest BCUT2D eigenvalue weighted by Crippen LogP contribution is 2.22. The molecule has 0 spiro atoms. The van der Waals surface area contributed by atoms with Gasteiger partial charge in [-0.1, -0.05) is 0 Å². The fourth-order valence-electron chi connectivity index (χ4n) is 2.35. The molecular formula is C13H20N2O4S. The summed E-state index contributed by atoms with van der Waals surface area (Å²) >= 11 is 0. The lowest BCUT2D eigenvalue weighted by Crippen LogP contribution is -2.37. The quantitative estimate of drug-likeness (QED) is 0.816. The average Bonchev–Trinajstić information content (AvgIpc) is 2.45. The summed E-state index contributed by atoms with van der Waals surface area (Å²) in [5.74, 6) is 0. The molecule has 0 aromatic heterocycles. The van der Waals surface area contributed by atoms with Gasteiger partial charge < -0.3 is 14.7 Å². The summed E-state index contributed by atoms with van der Waals surface area (Å²) in [6.07, 6.45) is 2.00. The molecule has 1 fully saturated rings. The summed E-state index contributed by atoms with van der Waals surface area (Å²) in [7, 11) is -3.63. The molecule has 6 nitrogen and oxygen atoms in total. The summed E-state index contributed by atoms with van der Waals surface area (Å²) in [6.45, 7) is 2.14. The van der Waals surface area contributed by atoms with Crippen LogP contribution in [0.3, 0.4) is 0 Å². The molecule has 1 saturated heterocycles. The molecule has 0 unspecified atom stereocenters. The third-order valence-corrected chi connectivity index (χ3v) is 4.35. The lowest BCUT2D eigenvalue weighted by molar-refractivity contribution is 0.0159. The molecule has 0 radical (unpaired) electrons. The van der Waals surface area contributed by atoms with Gasteiger partial charge >= 0.3 is 0 Å². The second-order valence-electron chi connectivity index (χ2n) is 4.82. The molecule has 1 heterocycles. The Morgan fingerprint density at radius 3 is 2.35 bits per heavy atom. The van der Waals surface area contributed by atoms with Crippen molar-refractivity contribution >= 4 is 15.7 Å². The molecule has 0 bridgehead atoms. The van der Waals surface area contributed by atoms with Crippen molar-refractivity contribution in [2.75, 3.05) is 31.2 Å². The van der Waals surface area contributed by atoms with Gasteiger partial charge in [0.2, 0.25) is 10.0 Å². The minimum Gasteiger partial charge on any atom is -0.394 e. The molecule has 7 heteroatoms. The van der Waals surface area contributed by atoms with E-state index in [1.54, 1.807) is 12.1 Å².